The largest absolute Gasteiger partial charge is 0.406 e. The number of hydrogen-bond acceptors (Lipinski definition) is 2. The Morgan fingerprint density at radius 1 is 1.45 bits per heavy atom. The van der Waals surface area contributed by atoms with Crippen LogP contribution in [0.15, 0.2) is 18.3 Å². The number of nitrogens with zero attached hydrogens (tertiary/aromatic N) is 2. The molecule has 0 saturated carbocycles. The van der Waals surface area contributed by atoms with Crippen molar-refractivity contribution in [1.29, 1.82) is 0 Å². The molecular formula is C13H17F3N2O2. The van der Waals surface area contributed by atoms with Crippen LogP contribution in [0.5, 0.6) is 0 Å². The first-order chi connectivity index (χ1) is 9.12. The molecule has 0 aromatic carbocycles. The molecule has 7 heteroatoms. The molecule has 1 fully saturated rings. The lowest BCUT2D eigenvalue weighted by atomic mass is 9.83. The van der Waals surface area contributed by atoms with Crippen molar-refractivity contribution in [3.05, 3.63) is 24.0 Å². The van der Waals surface area contributed by atoms with Gasteiger partial charge in [-0.15, -0.1) is 0 Å². The minimum atomic E-state index is -4.37. The van der Waals surface area contributed by atoms with Gasteiger partial charge >= 0.3 is 6.18 Å². The maximum Gasteiger partial charge on any atom is 0.406 e. The van der Waals surface area contributed by atoms with Crippen molar-refractivity contribution in [3.63, 3.8) is 0 Å². The molecule has 1 aliphatic rings. The molecule has 0 unspecified atom stereocenters. The fourth-order valence-electron chi connectivity index (χ4n) is 2.22. The van der Waals surface area contributed by atoms with Crippen LogP contribution >= 0.6 is 0 Å². The van der Waals surface area contributed by atoms with E-state index in [0.29, 0.717) is 0 Å². The summed E-state index contributed by atoms with van der Waals surface area (Å²) in [5.41, 5.74) is -0.940. The van der Waals surface area contributed by atoms with Crippen molar-refractivity contribution in [2.45, 2.75) is 32.2 Å². The van der Waals surface area contributed by atoms with Crippen LogP contribution in [0.2, 0.25) is 0 Å². The standard InChI is InChI=1S/C13H17F3N2O2/c1-9(2)12(20)6-18(7-12)11(19)10-4-3-5-17(10)8-13(14,15)16/h3-5,9,20H,6-8H2,1-2H3. The predicted molar refractivity (Wildman–Crippen MR) is 66.2 cm³/mol. The zero-order chi connectivity index (χ0) is 15.1. The van der Waals surface area contributed by atoms with Gasteiger partial charge in [0, 0.05) is 6.20 Å². The summed E-state index contributed by atoms with van der Waals surface area (Å²) in [6.45, 7) is 2.80. The molecule has 1 amide bonds. The van der Waals surface area contributed by atoms with Gasteiger partial charge in [-0.25, -0.2) is 0 Å². The Hall–Kier alpha value is -1.50. The molecule has 2 heterocycles. The van der Waals surface area contributed by atoms with Gasteiger partial charge < -0.3 is 14.6 Å². The summed E-state index contributed by atoms with van der Waals surface area (Å²) >= 11 is 0. The predicted octanol–water partition coefficient (Wildman–Crippen LogP) is 1.89. The smallest absolute Gasteiger partial charge is 0.386 e. The summed E-state index contributed by atoms with van der Waals surface area (Å²) in [4.78, 5) is 13.5. The first-order valence-corrected chi connectivity index (χ1v) is 6.36. The van der Waals surface area contributed by atoms with Gasteiger partial charge in [-0.1, -0.05) is 13.8 Å². The number of aliphatic hydroxyl groups is 1. The molecule has 4 nitrogen and oxygen atoms in total. The van der Waals surface area contributed by atoms with Crippen LogP contribution in [-0.4, -0.2) is 45.3 Å². The summed E-state index contributed by atoms with van der Waals surface area (Å²) in [5, 5.41) is 10.1. The minimum absolute atomic E-state index is 0.00601. The first-order valence-electron chi connectivity index (χ1n) is 6.36. The minimum Gasteiger partial charge on any atom is -0.386 e. The monoisotopic (exact) mass is 290 g/mol. The van der Waals surface area contributed by atoms with E-state index in [1.807, 2.05) is 13.8 Å². The van der Waals surface area contributed by atoms with Gasteiger partial charge in [0.05, 0.1) is 13.1 Å². The van der Waals surface area contributed by atoms with Gasteiger partial charge in [-0.05, 0) is 18.1 Å². The van der Waals surface area contributed by atoms with E-state index in [9.17, 15) is 23.1 Å². The first kappa shape index (κ1) is 14.9. The number of alkyl halides is 3. The summed E-state index contributed by atoms with van der Waals surface area (Å²) in [6.07, 6.45) is -3.14. The van der Waals surface area contributed by atoms with Gasteiger partial charge in [0.2, 0.25) is 0 Å². The lowest BCUT2D eigenvalue weighted by Gasteiger charge is -2.49. The van der Waals surface area contributed by atoms with Crippen LogP contribution in [0.3, 0.4) is 0 Å². The number of rotatable bonds is 3. The maximum atomic E-state index is 12.4. The second kappa shape index (κ2) is 4.80. The highest BCUT2D eigenvalue weighted by molar-refractivity contribution is 5.93. The molecule has 20 heavy (non-hydrogen) atoms. The van der Waals surface area contributed by atoms with Crippen LogP contribution in [0, 0.1) is 5.92 Å². The molecule has 1 aromatic heterocycles. The number of carbonyl (C=O) groups excluding carboxylic acids is 1. The van der Waals surface area contributed by atoms with Crippen LogP contribution in [0.4, 0.5) is 13.2 Å². The zero-order valence-electron chi connectivity index (χ0n) is 11.3. The fourth-order valence-corrected chi connectivity index (χ4v) is 2.22. The molecule has 0 spiro atoms. The molecular weight excluding hydrogens is 273 g/mol. The Bertz CT molecular complexity index is 502. The number of likely N-dealkylation sites (tertiary alicyclic amines) is 1. The molecule has 1 N–H and O–H groups in total. The quantitative estimate of drug-likeness (QED) is 0.924. The van der Waals surface area contributed by atoms with Gasteiger partial charge in [0.15, 0.2) is 0 Å². The number of hydrogen-bond donors (Lipinski definition) is 1. The number of amides is 1. The summed E-state index contributed by atoms with van der Waals surface area (Å²) in [6, 6.07) is 2.77. The highest BCUT2D eigenvalue weighted by Crippen LogP contribution is 2.30. The third-order valence-corrected chi connectivity index (χ3v) is 3.69. The van der Waals surface area contributed by atoms with E-state index in [1.165, 1.54) is 23.2 Å². The average molecular weight is 290 g/mol. The van der Waals surface area contributed by atoms with Crippen molar-refractivity contribution >= 4 is 5.91 Å². The van der Waals surface area contributed by atoms with Crippen LogP contribution in [-0.2, 0) is 6.54 Å². The summed E-state index contributed by atoms with van der Waals surface area (Å²) in [5.74, 6) is -0.488. The van der Waals surface area contributed by atoms with E-state index < -0.39 is 24.2 Å². The molecule has 0 aliphatic carbocycles. The van der Waals surface area contributed by atoms with Gasteiger partial charge in [-0.3, -0.25) is 4.79 Å². The Labute approximate surface area is 114 Å². The van der Waals surface area contributed by atoms with Gasteiger partial charge in [-0.2, -0.15) is 13.2 Å². The summed E-state index contributed by atoms with van der Waals surface area (Å²) in [7, 11) is 0. The van der Waals surface area contributed by atoms with E-state index in [-0.39, 0.29) is 24.7 Å². The number of aromatic nitrogens is 1. The SMILES string of the molecule is CC(C)C1(O)CN(C(=O)c2cccn2CC(F)(F)F)C1. The molecule has 1 saturated heterocycles. The molecule has 0 bridgehead atoms. The average Bonchev–Trinajstić information content (AvgIpc) is 2.69. The lowest BCUT2D eigenvalue weighted by Crippen LogP contribution is -2.66. The normalized spacial score (nSPS) is 18.2. The third kappa shape index (κ3) is 2.82. The Kier molecular flexibility index (Phi) is 3.58. The molecule has 2 rings (SSSR count). The molecule has 1 aliphatic heterocycles. The van der Waals surface area contributed by atoms with E-state index in [0.717, 1.165) is 4.57 Å². The highest BCUT2D eigenvalue weighted by Gasteiger charge is 2.46. The molecule has 1 aromatic rings. The van der Waals surface area contributed by atoms with Crippen LogP contribution < -0.4 is 0 Å². The second-order valence-electron chi connectivity index (χ2n) is 5.56. The van der Waals surface area contributed by atoms with E-state index in [4.69, 9.17) is 0 Å². The second-order valence-corrected chi connectivity index (χ2v) is 5.56. The van der Waals surface area contributed by atoms with Crippen molar-refractivity contribution in [1.82, 2.24) is 9.47 Å². The van der Waals surface area contributed by atoms with Crippen molar-refractivity contribution in [3.8, 4) is 0 Å². The molecule has 112 valence electrons. The van der Waals surface area contributed by atoms with Crippen molar-refractivity contribution < 1.29 is 23.1 Å². The zero-order valence-corrected chi connectivity index (χ0v) is 11.3. The van der Waals surface area contributed by atoms with E-state index >= 15 is 0 Å². The Morgan fingerprint density at radius 3 is 2.55 bits per heavy atom. The van der Waals surface area contributed by atoms with E-state index in [2.05, 4.69) is 0 Å². The lowest BCUT2D eigenvalue weighted by molar-refractivity contribution is -0.141. The van der Waals surface area contributed by atoms with E-state index in [1.54, 1.807) is 0 Å². The Balaban J connectivity index is 2.07. The number of carbonyl (C=O) groups is 1. The molecule has 0 atom stereocenters. The topological polar surface area (TPSA) is 45.5 Å². The maximum absolute atomic E-state index is 12.4. The molecule has 0 radical (unpaired) electrons. The summed E-state index contributed by atoms with van der Waals surface area (Å²) < 4.78 is 38.1. The van der Waals surface area contributed by atoms with Gasteiger partial charge in [0.1, 0.15) is 17.8 Å². The number of β-amino-alcohol motifs (C(OH)–C–C–N with tert-alkyl or cyclic N) is 1. The number of halogens is 3. The van der Waals surface area contributed by atoms with Crippen LogP contribution in [0.1, 0.15) is 24.3 Å². The van der Waals surface area contributed by atoms with Gasteiger partial charge in [0.25, 0.3) is 5.91 Å². The van der Waals surface area contributed by atoms with Crippen molar-refractivity contribution in [2.24, 2.45) is 5.92 Å². The van der Waals surface area contributed by atoms with Crippen molar-refractivity contribution in [2.75, 3.05) is 13.1 Å². The Morgan fingerprint density at radius 2 is 2.05 bits per heavy atom. The third-order valence-electron chi connectivity index (χ3n) is 3.69. The van der Waals surface area contributed by atoms with Crippen LogP contribution in [0.25, 0.3) is 0 Å². The highest BCUT2D eigenvalue weighted by atomic mass is 19.4. The fraction of sp³-hybridized carbons (Fsp3) is 0.615.